The molecule has 0 aliphatic rings. The van der Waals surface area contributed by atoms with Crippen LogP contribution >= 0.6 is 0 Å². The van der Waals surface area contributed by atoms with Crippen molar-refractivity contribution >= 4 is 29.7 Å². The fourth-order valence-corrected chi connectivity index (χ4v) is 2.94. The molecule has 0 spiro atoms. The van der Waals surface area contributed by atoms with Crippen LogP contribution in [0.1, 0.15) is 39.3 Å². The highest BCUT2D eigenvalue weighted by Crippen LogP contribution is 2.07. The number of carboxylic acid groups (broad SMARTS) is 1. The van der Waals surface area contributed by atoms with Gasteiger partial charge in [0, 0.05) is 24.9 Å². The number of rotatable bonds is 14. The number of aromatic amines is 1. The molecule has 3 amide bonds. The molecule has 11 N–H and O–H groups in total. The van der Waals surface area contributed by atoms with Gasteiger partial charge in [-0.2, -0.15) is 0 Å². The lowest BCUT2D eigenvalue weighted by Crippen LogP contribution is -2.58. The topological polar surface area (TPSA) is 244 Å². The number of hydrogen-bond donors (Lipinski definition) is 8. The van der Waals surface area contributed by atoms with Gasteiger partial charge in [0.25, 0.3) is 0 Å². The van der Waals surface area contributed by atoms with Gasteiger partial charge in [-0.1, -0.05) is 13.8 Å². The first-order valence-corrected chi connectivity index (χ1v) is 10.8. The normalized spacial score (nSPS) is 14.4. The molecule has 14 nitrogen and oxygen atoms in total. The molecule has 0 radical (unpaired) electrons. The number of aliphatic imine (C=N–C) groups is 1. The molecule has 0 fully saturated rings. The Morgan fingerprint density at radius 1 is 1.06 bits per heavy atom. The highest BCUT2D eigenvalue weighted by molar-refractivity contribution is 5.94. The van der Waals surface area contributed by atoms with E-state index in [1.54, 1.807) is 13.8 Å². The maximum absolute atomic E-state index is 13.0. The highest BCUT2D eigenvalue weighted by atomic mass is 16.4. The van der Waals surface area contributed by atoms with Crippen molar-refractivity contribution in [3.05, 3.63) is 18.2 Å². The molecular weight excluding hydrogens is 446 g/mol. The van der Waals surface area contributed by atoms with Gasteiger partial charge in [-0.25, -0.2) is 9.78 Å². The molecule has 0 saturated heterocycles. The summed E-state index contributed by atoms with van der Waals surface area (Å²) in [5.41, 5.74) is 16.7. The lowest BCUT2D eigenvalue weighted by atomic mass is 10.0. The van der Waals surface area contributed by atoms with Gasteiger partial charge in [0.05, 0.1) is 12.4 Å². The number of nitrogens with two attached hydrogens (primary N) is 3. The second-order valence-corrected chi connectivity index (χ2v) is 8.21. The number of amides is 3. The van der Waals surface area contributed by atoms with Gasteiger partial charge in [0.2, 0.25) is 17.7 Å². The number of carboxylic acids is 1. The number of hydrogen-bond acceptors (Lipinski definition) is 7. The molecule has 1 aromatic rings. The summed E-state index contributed by atoms with van der Waals surface area (Å²) < 4.78 is 0. The molecule has 14 heteroatoms. The van der Waals surface area contributed by atoms with E-state index in [1.165, 1.54) is 19.4 Å². The van der Waals surface area contributed by atoms with E-state index in [9.17, 15) is 24.3 Å². The van der Waals surface area contributed by atoms with Crippen LogP contribution in [0.2, 0.25) is 0 Å². The molecule has 0 aliphatic carbocycles. The van der Waals surface area contributed by atoms with Gasteiger partial charge >= 0.3 is 5.97 Å². The summed E-state index contributed by atoms with van der Waals surface area (Å²) in [5, 5.41) is 17.1. The lowest BCUT2D eigenvalue weighted by molar-refractivity contribution is -0.142. The maximum Gasteiger partial charge on any atom is 0.326 e. The van der Waals surface area contributed by atoms with Gasteiger partial charge in [-0.05, 0) is 25.7 Å². The van der Waals surface area contributed by atoms with Crippen LogP contribution in [-0.2, 0) is 25.6 Å². The number of carbonyl (C=O) groups is 4. The van der Waals surface area contributed by atoms with Gasteiger partial charge in [0.15, 0.2) is 5.96 Å². The average molecular weight is 482 g/mol. The predicted molar refractivity (Wildman–Crippen MR) is 124 cm³/mol. The number of aromatic nitrogens is 2. The molecule has 1 rings (SSSR count). The summed E-state index contributed by atoms with van der Waals surface area (Å²) >= 11 is 0. The minimum Gasteiger partial charge on any atom is -0.480 e. The minimum atomic E-state index is -1.26. The quantitative estimate of drug-likeness (QED) is 0.0797. The largest absolute Gasteiger partial charge is 0.480 e. The molecule has 34 heavy (non-hydrogen) atoms. The van der Waals surface area contributed by atoms with E-state index in [0.29, 0.717) is 12.1 Å². The summed E-state index contributed by atoms with van der Waals surface area (Å²) in [6.07, 6.45) is 3.26. The molecule has 190 valence electrons. The Kier molecular flexibility index (Phi) is 11.5. The molecule has 0 bridgehead atoms. The summed E-state index contributed by atoms with van der Waals surface area (Å²) in [7, 11) is 0. The van der Waals surface area contributed by atoms with Crippen molar-refractivity contribution in [3.63, 3.8) is 0 Å². The standard InChI is InChI=1S/C20H35N9O5/c1-10(2)15(29-16(30)11(3)21)18(32)27-13(5-4-6-25-20(22)23)17(31)28-14(19(33)34)7-12-8-24-9-26-12/h8-11,13-15H,4-7,21H2,1-3H3,(H,24,26)(H,27,32)(H,28,31)(H,29,30)(H,33,34)(H4,22,23,25). The van der Waals surface area contributed by atoms with E-state index in [4.69, 9.17) is 17.2 Å². The van der Waals surface area contributed by atoms with Crippen LogP contribution < -0.4 is 33.2 Å². The van der Waals surface area contributed by atoms with Crippen molar-refractivity contribution in [2.45, 2.75) is 64.2 Å². The second kappa shape index (κ2) is 13.8. The smallest absolute Gasteiger partial charge is 0.326 e. The van der Waals surface area contributed by atoms with E-state index in [0.717, 1.165) is 0 Å². The number of H-pyrrole nitrogens is 1. The number of carbonyl (C=O) groups excluding carboxylic acids is 3. The SMILES string of the molecule is CC(N)C(=O)NC(C(=O)NC(CCCN=C(N)N)C(=O)NC(Cc1cnc[nH]1)C(=O)O)C(C)C. The summed E-state index contributed by atoms with van der Waals surface area (Å²) in [6.45, 7) is 5.14. The van der Waals surface area contributed by atoms with Crippen LogP contribution in [0.4, 0.5) is 0 Å². The zero-order chi connectivity index (χ0) is 25.8. The van der Waals surface area contributed by atoms with Crippen LogP contribution in [0, 0.1) is 5.92 Å². The Morgan fingerprint density at radius 3 is 2.21 bits per heavy atom. The second-order valence-electron chi connectivity index (χ2n) is 8.21. The number of guanidine groups is 1. The van der Waals surface area contributed by atoms with E-state index >= 15 is 0 Å². The van der Waals surface area contributed by atoms with Crippen LogP contribution in [-0.4, -0.2) is 75.4 Å². The fourth-order valence-electron chi connectivity index (χ4n) is 2.94. The Balaban J connectivity index is 2.99. The van der Waals surface area contributed by atoms with Gasteiger partial charge in [-0.15, -0.1) is 0 Å². The molecular formula is C20H35N9O5. The first kappa shape index (κ1) is 28.4. The number of aliphatic carboxylic acids is 1. The Hall–Kier alpha value is -3.68. The van der Waals surface area contributed by atoms with Crippen molar-refractivity contribution in [1.82, 2.24) is 25.9 Å². The molecule has 0 saturated carbocycles. The Labute approximate surface area is 197 Å². The van der Waals surface area contributed by atoms with Crippen molar-refractivity contribution in [2.75, 3.05) is 6.54 Å². The highest BCUT2D eigenvalue weighted by Gasteiger charge is 2.31. The Bertz CT molecular complexity index is 851. The van der Waals surface area contributed by atoms with Crippen LogP contribution in [0.3, 0.4) is 0 Å². The van der Waals surface area contributed by atoms with Gasteiger partial charge < -0.3 is 43.2 Å². The van der Waals surface area contributed by atoms with Crippen LogP contribution in [0.25, 0.3) is 0 Å². The molecule has 1 aromatic heterocycles. The van der Waals surface area contributed by atoms with Crippen LogP contribution in [0.5, 0.6) is 0 Å². The third kappa shape index (κ3) is 9.85. The maximum atomic E-state index is 13.0. The number of imidazole rings is 1. The van der Waals surface area contributed by atoms with Crippen molar-refractivity contribution in [1.29, 1.82) is 0 Å². The fraction of sp³-hybridized carbons (Fsp3) is 0.600. The molecule has 4 unspecified atom stereocenters. The van der Waals surface area contributed by atoms with Crippen molar-refractivity contribution in [3.8, 4) is 0 Å². The average Bonchev–Trinajstić information content (AvgIpc) is 3.25. The zero-order valence-electron chi connectivity index (χ0n) is 19.6. The summed E-state index contributed by atoms with van der Waals surface area (Å²) in [6, 6.07) is -4.14. The van der Waals surface area contributed by atoms with Crippen molar-refractivity contribution in [2.24, 2.45) is 28.1 Å². The lowest BCUT2D eigenvalue weighted by Gasteiger charge is -2.26. The predicted octanol–water partition coefficient (Wildman–Crippen LogP) is -2.45. The summed E-state index contributed by atoms with van der Waals surface area (Å²) in [4.78, 5) is 60.1. The first-order chi connectivity index (χ1) is 15.9. The zero-order valence-corrected chi connectivity index (χ0v) is 19.6. The third-order valence-corrected chi connectivity index (χ3v) is 4.83. The van der Waals surface area contributed by atoms with E-state index in [-0.39, 0.29) is 31.3 Å². The van der Waals surface area contributed by atoms with Crippen molar-refractivity contribution < 1.29 is 24.3 Å². The first-order valence-electron chi connectivity index (χ1n) is 10.8. The van der Waals surface area contributed by atoms with Gasteiger partial charge in [0.1, 0.15) is 18.1 Å². The monoisotopic (exact) mass is 481 g/mol. The van der Waals surface area contributed by atoms with Gasteiger partial charge in [-0.3, -0.25) is 19.4 Å². The number of nitrogens with zero attached hydrogens (tertiary/aromatic N) is 2. The van der Waals surface area contributed by atoms with E-state index in [2.05, 4.69) is 30.9 Å². The molecule has 0 aromatic carbocycles. The molecule has 4 atom stereocenters. The molecule has 0 aliphatic heterocycles. The van der Waals surface area contributed by atoms with Crippen LogP contribution in [0.15, 0.2) is 17.5 Å². The Morgan fingerprint density at radius 2 is 1.71 bits per heavy atom. The van der Waals surface area contributed by atoms with E-state index in [1.807, 2.05) is 0 Å². The van der Waals surface area contributed by atoms with E-state index < -0.39 is 47.9 Å². The summed E-state index contributed by atoms with van der Waals surface area (Å²) in [5.74, 6) is -3.50. The molecule has 1 heterocycles. The third-order valence-electron chi connectivity index (χ3n) is 4.83. The minimum absolute atomic E-state index is 0.0329. The number of nitrogens with one attached hydrogen (secondary N) is 4.